The van der Waals surface area contributed by atoms with Crippen molar-refractivity contribution in [2.24, 2.45) is 27.2 Å². The minimum Gasteiger partial charge on any atom is -0.329 e. The van der Waals surface area contributed by atoms with E-state index >= 15 is 0 Å². The Kier molecular flexibility index (Phi) is 4.58. The molecule has 8 rings (SSSR count). The molecule has 2 heterocycles. The number of carbonyl (C=O) groups excluding carboxylic acids is 1. The van der Waals surface area contributed by atoms with E-state index in [1.165, 1.54) is 30.4 Å². The second-order valence-corrected chi connectivity index (χ2v) is 11.6. The number of aliphatic imine (C=N–C) groups is 2. The van der Waals surface area contributed by atoms with Gasteiger partial charge >= 0.3 is 0 Å². The van der Waals surface area contributed by atoms with Gasteiger partial charge in [-0.05, 0) is 86.0 Å². The van der Waals surface area contributed by atoms with E-state index in [2.05, 4.69) is 54.3 Å². The average Bonchev–Trinajstić information content (AvgIpc) is 3.00. The minimum atomic E-state index is -0.356. The van der Waals surface area contributed by atoms with Crippen molar-refractivity contribution in [1.29, 1.82) is 0 Å². The average molecular weight is 462 g/mol. The van der Waals surface area contributed by atoms with Gasteiger partial charge in [0.25, 0.3) is 5.91 Å². The number of rotatable bonds is 2. The van der Waals surface area contributed by atoms with Crippen LogP contribution in [0.4, 0.5) is 0 Å². The molecule has 2 aromatic carbocycles. The molecule has 4 fully saturated rings. The summed E-state index contributed by atoms with van der Waals surface area (Å²) in [6.07, 6.45) is 14.7. The Morgan fingerprint density at radius 1 is 1.00 bits per heavy atom. The number of nitrogens with zero attached hydrogens (tertiary/aromatic N) is 3. The molecule has 35 heavy (non-hydrogen) atoms. The van der Waals surface area contributed by atoms with Crippen LogP contribution in [-0.2, 0) is 16.8 Å². The number of amides is 1. The molecule has 4 nitrogen and oxygen atoms in total. The zero-order chi connectivity index (χ0) is 23.6. The third-order valence-electron chi connectivity index (χ3n) is 9.12. The molecule has 2 aliphatic heterocycles. The van der Waals surface area contributed by atoms with E-state index in [9.17, 15) is 4.79 Å². The van der Waals surface area contributed by atoms with Gasteiger partial charge < -0.3 is 4.90 Å². The van der Waals surface area contributed by atoms with Crippen LogP contribution in [0.3, 0.4) is 0 Å². The smallest absolute Gasteiger partial charge is 0.253 e. The molecule has 1 amide bonds. The fourth-order valence-electron chi connectivity index (χ4n) is 7.99. The van der Waals surface area contributed by atoms with E-state index in [4.69, 9.17) is 9.98 Å². The van der Waals surface area contributed by atoms with Gasteiger partial charge in [0, 0.05) is 18.3 Å². The quantitative estimate of drug-likeness (QED) is 0.542. The van der Waals surface area contributed by atoms with Gasteiger partial charge in [0.1, 0.15) is 5.84 Å². The van der Waals surface area contributed by atoms with Gasteiger partial charge in [0.15, 0.2) is 5.84 Å². The molecule has 0 spiro atoms. The molecule has 0 aromatic heterocycles. The topological polar surface area (TPSA) is 45.0 Å². The lowest BCUT2D eigenvalue weighted by atomic mass is 9.42. The largest absolute Gasteiger partial charge is 0.329 e. The van der Waals surface area contributed by atoms with Crippen molar-refractivity contribution < 1.29 is 4.79 Å². The first-order valence-electron chi connectivity index (χ1n) is 13.0. The van der Waals surface area contributed by atoms with Gasteiger partial charge in [0.2, 0.25) is 0 Å². The van der Waals surface area contributed by atoms with Crippen molar-refractivity contribution in [3.63, 3.8) is 0 Å². The first-order chi connectivity index (χ1) is 17.0. The lowest BCUT2D eigenvalue weighted by molar-refractivity contribution is -0.145. The van der Waals surface area contributed by atoms with E-state index in [1.807, 2.05) is 30.5 Å². The van der Waals surface area contributed by atoms with E-state index in [0.29, 0.717) is 17.7 Å². The molecular weight excluding hydrogens is 430 g/mol. The highest BCUT2D eigenvalue weighted by Gasteiger charge is 2.61. The lowest BCUT2D eigenvalue weighted by Crippen LogP contribution is -2.56. The Morgan fingerprint density at radius 2 is 1.77 bits per heavy atom. The van der Waals surface area contributed by atoms with Crippen molar-refractivity contribution in [3.8, 4) is 0 Å². The van der Waals surface area contributed by atoms with Gasteiger partial charge in [-0.25, -0.2) is 4.99 Å². The highest BCUT2D eigenvalue weighted by Crippen LogP contribution is 2.66. The summed E-state index contributed by atoms with van der Waals surface area (Å²) in [6.45, 7) is 2.88. The van der Waals surface area contributed by atoms with Crippen molar-refractivity contribution in [1.82, 2.24) is 4.90 Å². The Balaban J connectivity index is 1.30. The molecule has 4 saturated carbocycles. The number of benzene rings is 2. The highest BCUT2D eigenvalue weighted by atomic mass is 16.1. The molecule has 6 aliphatic rings. The lowest BCUT2D eigenvalue weighted by Gasteiger charge is -2.61. The molecular formula is C31H31N3O. The standard InChI is InChI=1S/C31H31N3O/c1-21-9-11-25(12-10-21)30-15-22-14-23(16-30)18-31(17-22,20-30)29(35)33-28-26-7-3-2-6-24(26)19-34-13-5-4-8-27(34)32-28/h2-13,22-23H,14-20H2,1H3. The van der Waals surface area contributed by atoms with Crippen LogP contribution >= 0.6 is 0 Å². The van der Waals surface area contributed by atoms with E-state index in [0.717, 1.165) is 42.8 Å². The zero-order valence-electron chi connectivity index (χ0n) is 20.3. The van der Waals surface area contributed by atoms with Crippen molar-refractivity contribution in [2.45, 2.75) is 57.4 Å². The molecule has 176 valence electrons. The van der Waals surface area contributed by atoms with Crippen molar-refractivity contribution >= 4 is 17.6 Å². The molecule has 2 unspecified atom stereocenters. The predicted molar refractivity (Wildman–Crippen MR) is 139 cm³/mol. The summed E-state index contributed by atoms with van der Waals surface area (Å²) in [4.78, 5) is 26.1. The first kappa shape index (κ1) is 21.0. The predicted octanol–water partition coefficient (Wildman–Crippen LogP) is 6.10. The number of fused-ring (bicyclic) bond motifs is 2. The Hall–Kier alpha value is -3.27. The summed E-state index contributed by atoms with van der Waals surface area (Å²) in [5.41, 5.74) is 4.61. The number of amidine groups is 2. The zero-order valence-corrected chi connectivity index (χ0v) is 20.3. The van der Waals surface area contributed by atoms with Gasteiger partial charge in [-0.2, -0.15) is 4.99 Å². The fraction of sp³-hybridized carbons (Fsp3) is 0.387. The first-order valence-corrected chi connectivity index (χ1v) is 13.0. The van der Waals surface area contributed by atoms with Gasteiger partial charge in [-0.3, -0.25) is 4.79 Å². The van der Waals surface area contributed by atoms with Crippen LogP contribution in [0, 0.1) is 24.2 Å². The Morgan fingerprint density at radius 3 is 2.57 bits per heavy atom. The molecule has 4 heteroatoms. The highest BCUT2D eigenvalue weighted by molar-refractivity contribution is 6.15. The summed E-state index contributed by atoms with van der Waals surface area (Å²) < 4.78 is 0. The minimum absolute atomic E-state index is 0.0565. The third-order valence-corrected chi connectivity index (χ3v) is 9.12. The van der Waals surface area contributed by atoms with Crippen LogP contribution in [-0.4, -0.2) is 22.5 Å². The summed E-state index contributed by atoms with van der Waals surface area (Å²) >= 11 is 0. The maximum absolute atomic E-state index is 14.2. The Bertz CT molecular complexity index is 1320. The van der Waals surface area contributed by atoms with Gasteiger partial charge in [-0.1, -0.05) is 60.2 Å². The molecule has 4 aliphatic carbocycles. The van der Waals surface area contributed by atoms with Crippen LogP contribution in [0.5, 0.6) is 0 Å². The van der Waals surface area contributed by atoms with Crippen LogP contribution < -0.4 is 0 Å². The van der Waals surface area contributed by atoms with Crippen LogP contribution in [0.1, 0.15) is 60.8 Å². The molecule has 4 bridgehead atoms. The molecule has 2 aromatic rings. The second kappa shape index (κ2) is 7.61. The normalized spacial score (nSPS) is 33.3. The van der Waals surface area contributed by atoms with Gasteiger partial charge in [-0.15, -0.1) is 0 Å². The summed E-state index contributed by atoms with van der Waals surface area (Å²) in [7, 11) is 0. The van der Waals surface area contributed by atoms with Crippen molar-refractivity contribution in [2.75, 3.05) is 0 Å². The van der Waals surface area contributed by atoms with E-state index in [-0.39, 0.29) is 16.7 Å². The maximum Gasteiger partial charge on any atom is 0.253 e. The molecule has 2 atom stereocenters. The van der Waals surface area contributed by atoms with E-state index < -0.39 is 0 Å². The number of allylic oxidation sites excluding steroid dienone is 2. The maximum atomic E-state index is 14.2. The molecule has 0 radical (unpaired) electrons. The van der Waals surface area contributed by atoms with Crippen LogP contribution in [0.25, 0.3) is 0 Å². The monoisotopic (exact) mass is 461 g/mol. The van der Waals surface area contributed by atoms with Gasteiger partial charge in [0.05, 0.1) is 5.41 Å². The number of carbonyl (C=O) groups is 1. The second-order valence-electron chi connectivity index (χ2n) is 11.6. The van der Waals surface area contributed by atoms with Crippen LogP contribution in [0.2, 0.25) is 0 Å². The Labute approximate surface area is 207 Å². The summed E-state index contributed by atoms with van der Waals surface area (Å²) in [5.74, 6) is 2.72. The van der Waals surface area contributed by atoms with Crippen LogP contribution in [0.15, 0.2) is 82.9 Å². The third kappa shape index (κ3) is 3.37. The summed E-state index contributed by atoms with van der Waals surface area (Å²) in [5, 5.41) is 0. The number of hydrogen-bond donors (Lipinski definition) is 0. The van der Waals surface area contributed by atoms with Crippen molar-refractivity contribution in [3.05, 3.63) is 95.2 Å². The SMILES string of the molecule is Cc1ccc(C23CC4CC(CC(C(=O)N=C5N=C6C=CC=CN6Cc6ccccc65)(C4)C2)C3)cc1. The van der Waals surface area contributed by atoms with E-state index in [1.54, 1.807) is 0 Å². The number of hydrogen-bond acceptors (Lipinski definition) is 2. The summed E-state index contributed by atoms with van der Waals surface area (Å²) in [6, 6.07) is 17.4. The molecule has 0 saturated heterocycles. The fourth-order valence-corrected chi connectivity index (χ4v) is 7.99. The number of aryl methyl sites for hydroxylation is 1. The molecule has 0 N–H and O–H groups in total.